The standard InChI is InChI=1S/C17H24N2/c1-2-3-11-19-13-16-10-7-12-18(16)14-17(19)15-8-5-4-6-9-15/h2,4-6,8-9,16-17H,1,3,7,10-14H2. The van der Waals surface area contributed by atoms with Crippen molar-refractivity contribution in [2.45, 2.75) is 31.3 Å². The van der Waals surface area contributed by atoms with Crippen LogP contribution in [0, 0.1) is 0 Å². The fraction of sp³-hybridized carbons (Fsp3) is 0.529. The third-order valence-electron chi connectivity index (χ3n) is 4.60. The Hall–Kier alpha value is -1.12. The Morgan fingerprint density at radius 3 is 2.84 bits per heavy atom. The van der Waals surface area contributed by atoms with Gasteiger partial charge in [0, 0.05) is 31.7 Å². The summed E-state index contributed by atoms with van der Waals surface area (Å²) in [4.78, 5) is 5.37. The van der Waals surface area contributed by atoms with Crippen LogP contribution in [0.15, 0.2) is 43.0 Å². The van der Waals surface area contributed by atoms with Crippen LogP contribution < -0.4 is 0 Å². The SMILES string of the molecule is C=CCCN1CC2CCCN2CC1c1ccccc1. The molecule has 2 atom stereocenters. The second kappa shape index (κ2) is 5.89. The van der Waals surface area contributed by atoms with Gasteiger partial charge in [-0.3, -0.25) is 9.80 Å². The second-order valence-corrected chi connectivity index (χ2v) is 5.79. The molecule has 3 rings (SSSR count). The predicted octanol–water partition coefficient (Wildman–Crippen LogP) is 3.08. The predicted molar refractivity (Wildman–Crippen MR) is 80.2 cm³/mol. The van der Waals surface area contributed by atoms with Crippen molar-refractivity contribution in [3.05, 3.63) is 48.6 Å². The minimum Gasteiger partial charge on any atom is -0.297 e. The van der Waals surface area contributed by atoms with Crippen molar-refractivity contribution in [1.29, 1.82) is 0 Å². The molecule has 1 aromatic rings. The van der Waals surface area contributed by atoms with Gasteiger partial charge in [-0.2, -0.15) is 0 Å². The summed E-state index contributed by atoms with van der Waals surface area (Å²) in [7, 11) is 0. The molecule has 0 amide bonds. The Morgan fingerprint density at radius 1 is 1.21 bits per heavy atom. The topological polar surface area (TPSA) is 6.48 Å². The van der Waals surface area contributed by atoms with E-state index in [0.717, 1.165) is 19.0 Å². The quantitative estimate of drug-likeness (QED) is 0.764. The van der Waals surface area contributed by atoms with Gasteiger partial charge in [0.15, 0.2) is 0 Å². The van der Waals surface area contributed by atoms with Gasteiger partial charge in [-0.25, -0.2) is 0 Å². The average molecular weight is 256 g/mol. The highest BCUT2D eigenvalue weighted by Crippen LogP contribution is 2.32. The minimum atomic E-state index is 0.565. The van der Waals surface area contributed by atoms with E-state index in [1.54, 1.807) is 0 Å². The molecule has 2 aliphatic rings. The maximum absolute atomic E-state index is 3.87. The van der Waals surface area contributed by atoms with Crippen molar-refractivity contribution in [2.24, 2.45) is 0 Å². The summed E-state index contributed by atoms with van der Waals surface area (Å²) in [6.45, 7) is 8.74. The lowest BCUT2D eigenvalue weighted by Gasteiger charge is -2.44. The Bertz CT molecular complexity index is 415. The van der Waals surface area contributed by atoms with Crippen LogP contribution in [-0.4, -0.2) is 42.0 Å². The van der Waals surface area contributed by atoms with Gasteiger partial charge in [0.25, 0.3) is 0 Å². The Balaban J connectivity index is 1.79. The molecule has 2 fully saturated rings. The Morgan fingerprint density at radius 2 is 2.05 bits per heavy atom. The zero-order valence-electron chi connectivity index (χ0n) is 11.7. The van der Waals surface area contributed by atoms with E-state index < -0.39 is 0 Å². The fourth-order valence-electron chi connectivity index (χ4n) is 3.57. The summed E-state index contributed by atoms with van der Waals surface area (Å²) in [5.74, 6) is 0. The molecular formula is C17H24N2. The summed E-state index contributed by atoms with van der Waals surface area (Å²) in [5.41, 5.74) is 1.47. The molecule has 0 spiro atoms. The molecule has 0 radical (unpaired) electrons. The molecule has 2 unspecified atom stereocenters. The maximum Gasteiger partial charge on any atom is 0.0476 e. The highest BCUT2D eigenvalue weighted by Gasteiger charge is 2.36. The van der Waals surface area contributed by atoms with Gasteiger partial charge >= 0.3 is 0 Å². The summed E-state index contributed by atoms with van der Waals surface area (Å²) in [6.07, 6.45) is 5.90. The first kappa shape index (κ1) is 12.9. The van der Waals surface area contributed by atoms with E-state index in [2.05, 4.69) is 46.7 Å². The maximum atomic E-state index is 3.87. The second-order valence-electron chi connectivity index (χ2n) is 5.79. The summed E-state index contributed by atoms with van der Waals surface area (Å²) < 4.78 is 0. The number of hydrogen-bond acceptors (Lipinski definition) is 2. The highest BCUT2D eigenvalue weighted by molar-refractivity contribution is 5.20. The molecule has 2 heteroatoms. The van der Waals surface area contributed by atoms with Gasteiger partial charge in [-0.05, 0) is 31.4 Å². The number of rotatable bonds is 4. The number of fused-ring (bicyclic) bond motifs is 1. The van der Waals surface area contributed by atoms with Gasteiger partial charge in [0.2, 0.25) is 0 Å². The minimum absolute atomic E-state index is 0.565. The van der Waals surface area contributed by atoms with E-state index in [1.807, 2.05) is 6.08 Å². The molecule has 0 bridgehead atoms. The molecule has 1 aromatic carbocycles. The summed E-state index contributed by atoms with van der Waals surface area (Å²) in [5, 5.41) is 0. The molecular weight excluding hydrogens is 232 g/mol. The van der Waals surface area contributed by atoms with Crippen molar-refractivity contribution >= 4 is 0 Å². The first-order chi connectivity index (χ1) is 9.38. The van der Waals surface area contributed by atoms with Crippen LogP contribution in [0.2, 0.25) is 0 Å². The van der Waals surface area contributed by atoms with Crippen molar-refractivity contribution in [3.63, 3.8) is 0 Å². The van der Waals surface area contributed by atoms with Crippen LogP contribution in [-0.2, 0) is 0 Å². The molecule has 2 nitrogen and oxygen atoms in total. The van der Waals surface area contributed by atoms with Crippen molar-refractivity contribution in [3.8, 4) is 0 Å². The van der Waals surface area contributed by atoms with Gasteiger partial charge in [0.1, 0.15) is 0 Å². The Labute approximate surface area is 116 Å². The Kier molecular flexibility index (Phi) is 4.00. The molecule has 102 valence electrons. The summed E-state index contributed by atoms with van der Waals surface area (Å²) >= 11 is 0. The third kappa shape index (κ3) is 2.75. The lowest BCUT2D eigenvalue weighted by Crippen LogP contribution is -2.51. The molecule has 0 aliphatic carbocycles. The molecule has 0 aromatic heterocycles. The first-order valence-electron chi connectivity index (χ1n) is 7.52. The van der Waals surface area contributed by atoms with Crippen LogP contribution in [0.5, 0.6) is 0 Å². The third-order valence-corrected chi connectivity index (χ3v) is 4.60. The molecule has 2 saturated heterocycles. The smallest absolute Gasteiger partial charge is 0.0476 e. The van der Waals surface area contributed by atoms with Crippen molar-refractivity contribution < 1.29 is 0 Å². The number of nitrogens with zero attached hydrogens (tertiary/aromatic N) is 2. The van der Waals surface area contributed by atoms with E-state index in [9.17, 15) is 0 Å². The number of hydrogen-bond donors (Lipinski definition) is 0. The molecule has 0 N–H and O–H groups in total. The van der Waals surface area contributed by atoms with E-state index in [-0.39, 0.29) is 0 Å². The van der Waals surface area contributed by atoms with Crippen LogP contribution in [0.3, 0.4) is 0 Å². The van der Waals surface area contributed by atoms with Crippen LogP contribution in [0.1, 0.15) is 30.9 Å². The fourth-order valence-corrected chi connectivity index (χ4v) is 3.57. The van der Waals surface area contributed by atoms with Crippen LogP contribution >= 0.6 is 0 Å². The highest BCUT2D eigenvalue weighted by atomic mass is 15.3. The monoisotopic (exact) mass is 256 g/mol. The van der Waals surface area contributed by atoms with E-state index in [4.69, 9.17) is 0 Å². The normalized spacial score (nSPS) is 28.2. The van der Waals surface area contributed by atoms with Gasteiger partial charge in [-0.1, -0.05) is 36.4 Å². The van der Waals surface area contributed by atoms with Gasteiger partial charge in [-0.15, -0.1) is 6.58 Å². The molecule has 0 saturated carbocycles. The van der Waals surface area contributed by atoms with Gasteiger partial charge < -0.3 is 0 Å². The van der Waals surface area contributed by atoms with Crippen molar-refractivity contribution in [2.75, 3.05) is 26.2 Å². The van der Waals surface area contributed by atoms with E-state index in [1.165, 1.54) is 38.0 Å². The average Bonchev–Trinajstić information content (AvgIpc) is 2.92. The molecule has 2 aliphatic heterocycles. The number of benzene rings is 1. The molecule has 2 heterocycles. The number of piperazine rings is 1. The zero-order valence-corrected chi connectivity index (χ0v) is 11.7. The van der Waals surface area contributed by atoms with Crippen LogP contribution in [0.4, 0.5) is 0 Å². The van der Waals surface area contributed by atoms with E-state index >= 15 is 0 Å². The largest absolute Gasteiger partial charge is 0.297 e. The van der Waals surface area contributed by atoms with E-state index in [0.29, 0.717) is 6.04 Å². The molecule has 19 heavy (non-hydrogen) atoms. The summed E-state index contributed by atoms with van der Waals surface area (Å²) in [6, 6.07) is 12.4. The lowest BCUT2D eigenvalue weighted by atomic mass is 9.99. The van der Waals surface area contributed by atoms with Crippen molar-refractivity contribution in [1.82, 2.24) is 9.80 Å². The lowest BCUT2D eigenvalue weighted by molar-refractivity contribution is 0.0518. The first-order valence-corrected chi connectivity index (χ1v) is 7.52. The zero-order chi connectivity index (χ0) is 13.1. The van der Waals surface area contributed by atoms with Gasteiger partial charge in [0.05, 0.1) is 0 Å². The van der Waals surface area contributed by atoms with Crippen LogP contribution in [0.25, 0.3) is 0 Å².